The zero-order chi connectivity index (χ0) is 15.9. The van der Waals surface area contributed by atoms with Gasteiger partial charge in [-0.15, -0.1) is 0 Å². The van der Waals surface area contributed by atoms with Crippen LogP contribution in [-0.2, 0) is 4.79 Å². The maximum atomic E-state index is 11.6. The minimum Gasteiger partial charge on any atom is -0.484 e. The second-order valence-electron chi connectivity index (χ2n) is 4.56. The number of aryl methyl sites for hydroxylation is 1. The zero-order valence-electron chi connectivity index (χ0n) is 11.8. The first kappa shape index (κ1) is 16.3. The van der Waals surface area contributed by atoms with Crippen LogP contribution >= 0.6 is 23.2 Å². The number of nitrogens with one attached hydrogen (secondary N) is 1. The van der Waals surface area contributed by atoms with E-state index in [9.17, 15) is 4.79 Å². The van der Waals surface area contributed by atoms with Gasteiger partial charge in [-0.05, 0) is 36.8 Å². The largest absolute Gasteiger partial charge is 0.484 e. The lowest BCUT2D eigenvalue weighted by atomic mass is 10.2. The fraction of sp³-hybridized carbons (Fsp3) is 0.125. The third-order valence-electron chi connectivity index (χ3n) is 2.71. The first-order valence-corrected chi connectivity index (χ1v) is 7.26. The summed E-state index contributed by atoms with van der Waals surface area (Å²) in [5.74, 6) is 0.280. The summed E-state index contributed by atoms with van der Waals surface area (Å²) in [5, 5.41) is 4.83. The number of amides is 1. The number of nitrogens with zero attached hydrogens (tertiary/aromatic N) is 1. The molecule has 0 aliphatic rings. The standard InChI is InChI=1S/C16H14Cl2N2O2/c1-11-3-2-4-14(7-11)22-10-16(21)20-19-9-12-5-6-13(17)8-15(12)18/h2-9H,10H2,1H3,(H,20,21)/b19-9+. The van der Waals surface area contributed by atoms with E-state index in [1.165, 1.54) is 6.21 Å². The molecule has 0 aliphatic carbocycles. The quantitative estimate of drug-likeness (QED) is 0.666. The highest BCUT2D eigenvalue weighted by Crippen LogP contribution is 2.19. The Hall–Kier alpha value is -2.04. The highest BCUT2D eigenvalue weighted by Gasteiger charge is 2.02. The van der Waals surface area contributed by atoms with Gasteiger partial charge in [-0.2, -0.15) is 5.10 Å². The van der Waals surface area contributed by atoms with Gasteiger partial charge in [0.25, 0.3) is 5.91 Å². The fourth-order valence-corrected chi connectivity index (χ4v) is 2.12. The first-order valence-electron chi connectivity index (χ1n) is 6.51. The maximum absolute atomic E-state index is 11.6. The van der Waals surface area contributed by atoms with E-state index in [4.69, 9.17) is 27.9 Å². The number of hydrazone groups is 1. The SMILES string of the molecule is Cc1cccc(OCC(=O)N/N=C/c2ccc(Cl)cc2Cl)c1. The maximum Gasteiger partial charge on any atom is 0.277 e. The first-order chi connectivity index (χ1) is 10.5. The third kappa shape index (κ3) is 5.06. The smallest absolute Gasteiger partial charge is 0.277 e. The Bertz CT molecular complexity index is 702. The van der Waals surface area contributed by atoms with Crippen LogP contribution in [0.5, 0.6) is 5.75 Å². The van der Waals surface area contributed by atoms with Crippen LogP contribution in [0.3, 0.4) is 0 Å². The topological polar surface area (TPSA) is 50.7 Å². The molecule has 4 nitrogen and oxygen atoms in total. The molecule has 0 atom stereocenters. The van der Waals surface area contributed by atoms with Crippen LogP contribution in [0.1, 0.15) is 11.1 Å². The average Bonchev–Trinajstić information content (AvgIpc) is 2.47. The fourth-order valence-electron chi connectivity index (χ4n) is 1.67. The molecule has 0 aliphatic heterocycles. The van der Waals surface area contributed by atoms with Crippen molar-refractivity contribution in [1.82, 2.24) is 5.43 Å². The average molecular weight is 337 g/mol. The van der Waals surface area contributed by atoms with Gasteiger partial charge >= 0.3 is 0 Å². The molecule has 0 saturated heterocycles. The summed E-state index contributed by atoms with van der Waals surface area (Å²) >= 11 is 11.8. The zero-order valence-corrected chi connectivity index (χ0v) is 13.4. The Labute approximate surface area is 138 Å². The second-order valence-corrected chi connectivity index (χ2v) is 5.41. The number of hydrogen-bond donors (Lipinski definition) is 1. The minimum absolute atomic E-state index is 0.116. The van der Waals surface area contributed by atoms with E-state index in [2.05, 4.69) is 10.5 Å². The number of carbonyl (C=O) groups is 1. The van der Waals surface area contributed by atoms with E-state index in [-0.39, 0.29) is 12.5 Å². The monoisotopic (exact) mass is 336 g/mol. The normalized spacial score (nSPS) is 10.7. The van der Waals surface area contributed by atoms with E-state index in [0.29, 0.717) is 21.4 Å². The molecule has 114 valence electrons. The Morgan fingerprint density at radius 1 is 1.27 bits per heavy atom. The Morgan fingerprint density at radius 2 is 2.09 bits per heavy atom. The Morgan fingerprint density at radius 3 is 2.82 bits per heavy atom. The number of rotatable bonds is 5. The van der Waals surface area contributed by atoms with Crippen LogP contribution < -0.4 is 10.2 Å². The van der Waals surface area contributed by atoms with Crippen molar-refractivity contribution in [3.8, 4) is 5.75 Å². The van der Waals surface area contributed by atoms with Crippen LogP contribution in [0.2, 0.25) is 10.0 Å². The van der Waals surface area contributed by atoms with Gasteiger partial charge in [0, 0.05) is 10.6 Å². The third-order valence-corrected chi connectivity index (χ3v) is 3.28. The minimum atomic E-state index is -0.358. The molecule has 6 heteroatoms. The van der Waals surface area contributed by atoms with Crippen molar-refractivity contribution in [2.24, 2.45) is 5.10 Å². The van der Waals surface area contributed by atoms with Gasteiger partial charge < -0.3 is 4.74 Å². The molecule has 0 radical (unpaired) electrons. The molecule has 0 unspecified atom stereocenters. The van der Waals surface area contributed by atoms with E-state index in [1.54, 1.807) is 24.3 Å². The van der Waals surface area contributed by atoms with E-state index in [0.717, 1.165) is 5.56 Å². The summed E-state index contributed by atoms with van der Waals surface area (Å²) < 4.78 is 5.36. The van der Waals surface area contributed by atoms with Gasteiger partial charge in [-0.1, -0.05) is 41.4 Å². The van der Waals surface area contributed by atoms with Crippen LogP contribution in [0.25, 0.3) is 0 Å². The van der Waals surface area contributed by atoms with Crippen molar-refractivity contribution in [3.05, 3.63) is 63.6 Å². The molecule has 1 N–H and O–H groups in total. The second kappa shape index (κ2) is 7.82. The molecule has 0 bridgehead atoms. The summed E-state index contributed by atoms with van der Waals surface area (Å²) in [5.41, 5.74) is 4.09. The molecule has 0 fully saturated rings. The summed E-state index contributed by atoms with van der Waals surface area (Å²) in [6.07, 6.45) is 1.45. The van der Waals surface area contributed by atoms with Crippen molar-refractivity contribution in [1.29, 1.82) is 0 Å². The van der Waals surface area contributed by atoms with Gasteiger partial charge in [0.15, 0.2) is 6.61 Å². The van der Waals surface area contributed by atoms with Crippen molar-refractivity contribution in [2.45, 2.75) is 6.92 Å². The van der Waals surface area contributed by atoms with Gasteiger partial charge in [-0.25, -0.2) is 5.43 Å². The lowest BCUT2D eigenvalue weighted by Gasteiger charge is -2.05. The number of halogens is 2. The summed E-state index contributed by atoms with van der Waals surface area (Å²) in [7, 11) is 0. The molecular weight excluding hydrogens is 323 g/mol. The lowest BCUT2D eigenvalue weighted by Crippen LogP contribution is -2.24. The molecule has 1 amide bonds. The van der Waals surface area contributed by atoms with Gasteiger partial charge in [0.05, 0.1) is 11.2 Å². The van der Waals surface area contributed by atoms with E-state index < -0.39 is 0 Å². The summed E-state index contributed by atoms with van der Waals surface area (Å²) in [6.45, 7) is 1.84. The number of carbonyl (C=O) groups excluding carboxylic acids is 1. The summed E-state index contributed by atoms with van der Waals surface area (Å²) in [6, 6.07) is 12.5. The van der Waals surface area contributed by atoms with Crippen molar-refractivity contribution in [3.63, 3.8) is 0 Å². The van der Waals surface area contributed by atoms with Gasteiger partial charge in [0.2, 0.25) is 0 Å². The van der Waals surface area contributed by atoms with Crippen molar-refractivity contribution < 1.29 is 9.53 Å². The van der Waals surface area contributed by atoms with Crippen LogP contribution in [-0.4, -0.2) is 18.7 Å². The van der Waals surface area contributed by atoms with Gasteiger partial charge in [0.1, 0.15) is 5.75 Å². The predicted octanol–water partition coefficient (Wildman–Crippen LogP) is 3.83. The van der Waals surface area contributed by atoms with Crippen LogP contribution in [0, 0.1) is 6.92 Å². The lowest BCUT2D eigenvalue weighted by molar-refractivity contribution is -0.123. The molecule has 22 heavy (non-hydrogen) atoms. The van der Waals surface area contributed by atoms with E-state index in [1.807, 2.05) is 25.1 Å². The number of hydrogen-bond acceptors (Lipinski definition) is 3. The Balaban J connectivity index is 1.83. The van der Waals surface area contributed by atoms with Crippen molar-refractivity contribution in [2.75, 3.05) is 6.61 Å². The van der Waals surface area contributed by atoms with Gasteiger partial charge in [-0.3, -0.25) is 4.79 Å². The number of ether oxygens (including phenoxy) is 1. The molecule has 0 aromatic heterocycles. The molecule has 0 heterocycles. The molecular formula is C16H14Cl2N2O2. The molecule has 0 spiro atoms. The van der Waals surface area contributed by atoms with Crippen molar-refractivity contribution >= 4 is 35.3 Å². The van der Waals surface area contributed by atoms with Crippen LogP contribution in [0.4, 0.5) is 0 Å². The highest BCUT2D eigenvalue weighted by molar-refractivity contribution is 6.36. The van der Waals surface area contributed by atoms with E-state index >= 15 is 0 Å². The molecule has 0 saturated carbocycles. The van der Waals surface area contributed by atoms with Crippen LogP contribution in [0.15, 0.2) is 47.6 Å². The summed E-state index contributed by atoms with van der Waals surface area (Å²) in [4.78, 5) is 11.6. The molecule has 2 aromatic carbocycles. The highest BCUT2D eigenvalue weighted by atomic mass is 35.5. The number of benzene rings is 2. The molecule has 2 rings (SSSR count). The molecule has 2 aromatic rings. The predicted molar refractivity (Wildman–Crippen MR) is 88.9 cm³/mol. The Kier molecular flexibility index (Phi) is 5.81.